The summed E-state index contributed by atoms with van der Waals surface area (Å²) in [6.07, 6.45) is 4.83. The molecule has 1 fully saturated rings. The maximum atomic E-state index is 10.1. The summed E-state index contributed by atoms with van der Waals surface area (Å²) in [4.78, 5) is 10.1. The first-order valence-corrected chi connectivity index (χ1v) is 4.22. The Labute approximate surface area is 72.5 Å². The van der Waals surface area contributed by atoms with Crippen LogP contribution in [0.4, 0.5) is 0 Å². The van der Waals surface area contributed by atoms with Crippen molar-refractivity contribution in [2.75, 3.05) is 6.38 Å². The van der Waals surface area contributed by atoms with Gasteiger partial charge in [-0.2, -0.15) is 0 Å². The monoisotopic (exact) mass is 178 g/mol. The lowest BCUT2D eigenvalue weighted by molar-refractivity contribution is 0.563. The summed E-state index contributed by atoms with van der Waals surface area (Å²) in [5.74, 6) is 2.50. The third kappa shape index (κ3) is 4.20. The second kappa shape index (κ2) is 7.80. The predicted octanol–water partition coefficient (Wildman–Crippen LogP) is 1.59. The van der Waals surface area contributed by atoms with Gasteiger partial charge in [-0.05, 0) is 25.2 Å². The van der Waals surface area contributed by atoms with Gasteiger partial charge in [0.25, 0.3) is 0 Å². The van der Waals surface area contributed by atoms with Crippen molar-refractivity contribution in [3.8, 4) is 0 Å². The summed E-state index contributed by atoms with van der Waals surface area (Å²) >= 11 is 4.64. The van der Waals surface area contributed by atoms with Crippen molar-refractivity contribution in [1.82, 2.24) is 0 Å². The van der Waals surface area contributed by atoms with E-state index in [0.29, 0.717) is 5.92 Å². The normalized spacial score (nSPS) is 21.0. The third-order valence-electron chi connectivity index (χ3n) is 1.81. The molecule has 11 heavy (non-hydrogen) atoms. The molecule has 0 bridgehead atoms. The van der Waals surface area contributed by atoms with E-state index in [4.69, 9.17) is 0 Å². The number of hydrogen-bond acceptors (Lipinski definition) is 1. The van der Waals surface area contributed by atoms with E-state index in [1.807, 2.05) is 5.94 Å². The van der Waals surface area contributed by atoms with Crippen LogP contribution in [0.25, 0.3) is 0 Å². The van der Waals surface area contributed by atoms with E-state index >= 15 is 0 Å². The van der Waals surface area contributed by atoms with Crippen LogP contribution in [0.2, 0.25) is 0 Å². The van der Waals surface area contributed by atoms with Crippen molar-refractivity contribution in [1.29, 1.82) is 0 Å². The Morgan fingerprint density at radius 2 is 2.09 bits per heavy atom. The van der Waals surface area contributed by atoms with E-state index in [0.717, 1.165) is 12.0 Å². The van der Waals surface area contributed by atoms with Crippen LogP contribution in [0.5, 0.6) is 0 Å². The molecule has 1 aliphatic rings. The molecule has 1 unspecified atom stereocenters. The first kappa shape index (κ1) is 13.3. The zero-order chi connectivity index (χ0) is 7.98. The smallest absolute Gasteiger partial charge is 0.123 e. The Bertz CT molecular complexity index is 139. The molecule has 0 aromatic heterocycles. The molecule has 0 aliphatic heterocycles. The summed E-state index contributed by atoms with van der Waals surface area (Å²) < 4.78 is 0. The number of allylic oxidation sites excluding steroid dienone is 1. The molecular weight excluding hydrogens is 164 g/mol. The highest BCUT2D eigenvalue weighted by Crippen LogP contribution is 2.27. The van der Waals surface area contributed by atoms with Crippen LogP contribution in [0.15, 0.2) is 5.57 Å². The quantitative estimate of drug-likeness (QED) is 0.411. The Balaban J connectivity index is 0. The summed E-state index contributed by atoms with van der Waals surface area (Å²) in [6.45, 7) is 2.09. The Morgan fingerprint density at radius 3 is 2.27 bits per heavy atom. The van der Waals surface area contributed by atoms with Gasteiger partial charge in [-0.3, -0.25) is 0 Å². The zero-order valence-corrected chi connectivity index (χ0v) is 7.74. The average molecular weight is 179 g/mol. The third-order valence-corrected chi connectivity index (χ3v) is 1.81. The number of rotatable bonds is 0. The van der Waals surface area contributed by atoms with Crippen LogP contribution < -0.4 is 0 Å². The van der Waals surface area contributed by atoms with Crippen LogP contribution in [0.1, 0.15) is 26.2 Å². The van der Waals surface area contributed by atoms with Crippen molar-refractivity contribution in [3.05, 3.63) is 5.57 Å². The molecule has 0 amide bonds. The van der Waals surface area contributed by atoms with E-state index < -0.39 is 0 Å². The first-order valence-electron chi connectivity index (χ1n) is 3.46. The maximum absolute atomic E-state index is 10.1. The van der Waals surface area contributed by atoms with Crippen LogP contribution in [-0.4, -0.2) is 17.8 Å². The fraction of sp³-hybridized carbons (Fsp3) is 0.750. The fourth-order valence-electron chi connectivity index (χ4n) is 1.17. The molecule has 1 atom stereocenters. The molecule has 2 N–H and O–H groups in total. The van der Waals surface area contributed by atoms with Gasteiger partial charge in [0.1, 0.15) is 5.94 Å². The molecule has 0 heterocycles. The minimum atomic E-state index is 0. The van der Waals surface area contributed by atoms with Gasteiger partial charge in [0.15, 0.2) is 0 Å². The van der Waals surface area contributed by atoms with E-state index in [9.17, 15) is 4.79 Å². The van der Waals surface area contributed by atoms with Gasteiger partial charge in [-0.25, -0.2) is 4.79 Å². The van der Waals surface area contributed by atoms with Gasteiger partial charge >= 0.3 is 0 Å². The second-order valence-corrected chi connectivity index (χ2v) is 2.42. The lowest BCUT2D eigenvalue weighted by atomic mass is 10.1. The number of carbonyl (C=O) groups excluding carboxylic acids is 1. The highest BCUT2D eigenvalue weighted by molar-refractivity contribution is 6.15. The lowest BCUT2D eigenvalue weighted by Gasteiger charge is -1.94. The summed E-state index contributed by atoms with van der Waals surface area (Å²) in [7, 11) is 0. The molecule has 0 aromatic carbocycles. The summed E-state index contributed by atoms with van der Waals surface area (Å²) in [6, 6.07) is 0. The Kier molecular flexibility index (Phi) is 9.44. The molecule has 0 radical (unpaired) electrons. The van der Waals surface area contributed by atoms with Gasteiger partial charge in [0.05, 0.1) is 0 Å². The van der Waals surface area contributed by atoms with E-state index in [2.05, 4.69) is 18.5 Å². The van der Waals surface area contributed by atoms with E-state index in [1.165, 1.54) is 19.2 Å². The molecule has 2 nitrogen and oxygen atoms in total. The highest BCUT2D eigenvalue weighted by Gasteiger charge is 2.16. The number of halogens is 1. The molecule has 0 spiro atoms. The van der Waals surface area contributed by atoms with E-state index in [-0.39, 0.29) is 5.48 Å². The van der Waals surface area contributed by atoms with Crippen molar-refractivity contribution in [2.24, 2.45) is 5.92 Å². The summed E-state index contributed by atoms with van der Waals surface area (Å²) in [5.41, 5.74) is 0.991. The number of alkyl halides is 1. The molecule has 0 saturated heterocycles. The van der Waals surface area contributed by atoms with Crippen molar-refractivity contribution < 1.29 is 10.3 Å². The zero-order valence-electron chi connectivity index (χ0n) is 6.98. The van der Waals surface area contributed by atoms with Crippen LogP contribution in [-0.2, 0) is 4.79 Å². The lowest BCUT2D eigenvalue weighted by Crippen LogP contribution is -1.87. The molecule has 1 rings (SSSR count). The first-order chi connectivity index (χ1) is 4.84. The Hall–Kier alpha value is -0.300. The molecule has 66 valence electrons. The fourth-order valence-corrected chi connectivity index (χ4v) is 1.17. The van der Waals surface area contributed by atoms with E-state index in [1.54, 1.807) is 0 Å². The minimum absolute atomic E-state index is 0. The van der Waals surface area contributed by atoms with Gasteiger partial charge in [0.2, 0.25) is 0 Å². The second-order valence-electron chi connectivity index (χ2n) is 2.42. The van der Waals surface area contributed by atoms with Gasteiger partial charge < -0.3 is 5.48 Å². The average Bonchev–Trinajstić information content (AvgIpc) is 2.39. The van der Waals surface area contributed by atoms with Gasteiger partial charge in [-0.1, -0.05) is 6.92 Å². The molecular formula is C8H15ClO2. The molecule has 3 heteroatoms. The predicted molar refractivity (Wildman–Crippen MR) is 47.6 cm³/mol. The van der Waals surface area contributed by atoms with Crippen molar-refractivity contribution in [3.63, 3.8) is 0 Å². The molecule has 1 saturated carbocycles. The standard InChI is InChI=1S/C7H10O.CH3Cl.H2O/c1-6-3-2-4-7(6)5-8;1-2;/h6H,2-4H2,1H3;1H3;1H2. The summed E-state index contributed by atoms with van der Waals surface area (Å²) in [5, 5.41) is 0. The van der Waals surface area contributed by atoms with Crippen molar-refractivity contribution >= 4 is 17.5 Å². The SMILES string of the molecule is CC1CCCC1=C=O.CCl.O. The van der Waals surface area contributed by atoms with Crippen molar-refractivity contribution in [2.45, 2.75) is 26.2 Å². The highest BCUT2D eigenvalue weighted by atomic mass is 35.5. The van der Waals surface area contributed by atoms with Gasteiger partial charge in [0, 0.05) is 12.0 Å². The van der Waals surface area contributed by atoms with Crippen LogP contribution in [0.3, 0.4) is 0 Å². The van der Waals surface area contributed by atoms with Crippen LogP contribution >= 0.6 is 11.6 Å². The maximum Gasteiger partial charge on any atom is 0.123 e. The van der Waals surface area contributed by atoms with Gasteiger partial charge in [-0.15, -0.1) is 11.6 Å². The Morgan fingerprint density at radius 1 is 1.55 bits per heavy atom. The topological polar surface area (TPSA) is 48.6 Å². The van der Waals surface area contributed by atoms with Crippen LogP contribution in [0, 0.1) is 5.92 Å². The minimum Gasteiger partial charge on any atom is -0.412 e. The molecule has 1 aliphatic carbocycles. The number of hydrogen-bond donors (Lipinski definition) is 0. The molecule has 0 aromatic rings. The largest absolute Gasteiger partial charge is 0.412 e.